The van der Waals surface area contributed by atoms with E-state index >= 15 is 0 Å². The molecule has 40 heavy (non-hydrogen) atoms. The van der Waals surface area contributed by atoms with E-state index in [2.05, 4.69) is 10.3 Å². The van der Waals surface area contributed by atoms with Crippen molar-refractivity contribution in [3.05, 3.63) is 89.6 Å². The highest BCUT2D eigenvalue weighted by Gasteiger charge is 2.30. The largest absolute Gasteiger partial charge is 0.493 e. The van der Waals surface area contributed by atoms with Gasteiger partial charge in [0.15, 0.2) is 11.5 Å². The van der Waals surface area contributed by atoms with Gasteiger partial charge >= 0.3 is 12.1 Å². The molecule has 11 heteroatoms. The molecule has 4 aromatic rings. The Hall–Kier alpha value is -4.80. The Morgan fingerprint density at radius 1 is 0.875 bits per heavy atom. The quantitative estimate of drug-likeness (QED) is 0.270. The normalized spacial score (nSPS) is 11.9. The van der Waals surface area contributed by atoms with Crippen molar-refractivity contribution in [3.8, 4) is 23.0 Å². The van der Waals surface area contributed by atoms with E-state index in [9.17, 15) is 22.8 Å². The molecule has 1 heterocycles. The highest BCUT2D eigenvalue weighted by atomic mass is 19.4. The highest BCUT2D eigenvalue weighted by Crippen LogP contribution is 2.37. The summed E-state index contributed by atoms with van der Waals surface area (Å²) in [4.78, 5) is 29.4. The van der Waals surface area contributed by atoms with Crippen LogP contribution < -0.4 is 19.5 Å². The van der Waals surface area contributed by atoms with Gasteiger partial charge in [0, 0.05) is 29.6 Å². The first-order chi connectivity index (χ1) is 19.1. The Bertz CT molecular complexity index is 1510. The second-order valence-corrected chi connectivity index (χ2v) is 8.61. The number of methoxy groups -OCH3 is 3. The standard InChI is InChI=1S/C29H25F3N2O6/c1-37-25-15-21-22(16-26(25)38-2)33-13-12-24(21)40-20-10-4-17(5-11-20)14-23(28(36)39-3)34-27(35)18-6-8-19(9-7-18)29(30,31)32/h4-13,15-16,23H,14H2,1-3H3,(H,34,35). The van der Waals surface area contributed by atoms with Gasteiger partial charge in [-0.3, -0.25) is 9.78 Å². The maximum atomic E-state index is 12.8. The third kappa shape index (κ3) is 6.42. The van der Waals surface area contributed by atoms with E-state index in [0.717, 1.165) is 24.3 Å². The number of hydrogen-bond donors (Lipinski definition) is 1. The predicted octanol–water partition coefficient (Wildman–Crippen LogP) is 5.58. The Morgan fingerprint density at radius 3 is 2.12 bits per heavy atom. The first kappa shape index (κ1) is 28.2. The van der Waals surface area contributed by atoms with Gasteiger partial charge in [-0.2, -0.15) is 13.2 Å². The molecule has 0 saturated carbocycles. The number of hydrogen-bond acceptors (Lipinski definition) is 7. The Labute approximate surface area is 227 Å². The van der Waals surface area contributed by atoms with Crippen LogP contribution in [-0.2, 0) is 22.1 Å². The SMILES string of the molecule is COC(=O)C(Cc1ccc(Oc2ccnc3cc(OC)c(OC)cc23)cc1)NC(=O)c1ccc(C(F)(F)F)cc1. The smallest absolute Gasteiger partial charge is 0.416 e. The van der Waals surface area contributed by atoms with Crippen LogP contribution >= 0.6 is 0 Å². The number of benzene rings is 3. The fraction of sp³-hybridized carbons (Fsp3) is 0.207. The summed E-state index contributed by atoms with van der Waals surface area (Å²) in [6, 6.07) is 14.7. The molecule has 1 unspecified atom stereocenters. The summed E-state index contributed by atoms with van der Waals surface area (Å²) in [6.45, 7) is 0. The lowest BCUT2D eigenvalue weighted by molar-refractivity contribution is -0.142. The zero-order valence-electron chi connectivity index (χ0n) is 21.7. The number of rotatable bonds is 9. The van der Waals surface area contributed by atoms with Crippen molar-refractivity contribution in [2.24, 2.45) is 0 Å². The van der Waals surface area contributed by atoms with Crippen molar-refractivity contribution in [1.82, 2.24) is 10.3 Å². The van der Waals surface area contributed by atoms with Gasteiger partial charge < -0.3 is 24.3 Å². The molecule has 0 fully saturated rings. The molecule has 1 atom stereocenters. The van der Waals surface area contributed by atoms with Crippen LogP contribution in [0.4, 0.5) is 13.2 Å². The first-order valence-electron chi connectivity index (χ1n) is 12.0. The number of esters is 1. The average molecular weight is 555 g/mol. The number of nitrogens with zero attached hydrogens (tertiary/aromatic N) is 1. The molecule has 3 aromatic carbocycles. The maximum absolute atomic E-state index is 12.8. The summed E-state index contributed by atoms with van der Waals surface area (Å²) in [7, 11) is 4.25. The molecule has 0 spiro atoms. The summed E-state index contributed by atoms with van der Waals surface area (Å²) < 4.78 is 60.1. The number of alkyl halides is 3. The molecule has 8 nitrogen and oxygen atoms in total. The summed E-state index contributed by atoms with van der Waals surface area (Å²) in [5.74, 6) is 0.697. The molecule has 1 N–H and O–H groups in total. The number of nitrogens with one attached hydrogen (secondary N) is 1. The van der Waals surface area contributed by atoms with E-state index in [-0.39, 0.29) is 12.0 Å². The number of amides is 1. The summed E-state index contributed by atoms with van der Waals surface area (Å²) >= 11 is 0. The Morgan fingerprint density at radius 2 is 1.52 bits per heavy atom. The minimum atomic E-state index is -4.52. The zero-order valence-corrected chi connectivity index (χ0v) is 21.7. The van der Waals surface area contributed by atoms with E-state index in [1.54, 1.807) is 48.7 Å². The number of aromatic nitrogens is 1. The molecule has 0 aliphatic heterocycles. The minimum Gasteiger partial charge on any atom is -0.493 e. The highest BCUT2D eigenvalue weighted by molar-refractivity contribution is 5.97. The second-order valence-electron chi connectivity index (χ2n) is 8.61. The molecule has 4 rings (SSSR count). The molecule has 1 amide bonds. The van der Waals surface area contributed by atoms with Crippen molar-refractivity contribution < 1.29 is 41.7 Å². The third-order valence-corrected chi connectivity index (χ3v) is 6.06. The number of pyridine rings is 1. The van der Waals surface area contributed by atoms with Gasteiger partial charge in [0.05, 0.1) is 32.4 Å². The molecule has 1 aromatic heterocycles. The third-order valence-electron chi connectivity index (χ3n) is 6.06. The molecular formula is C29H25F3N2O6. The van der Waals surface area contributed by atoms with Gasteiger partial charge in [-0.1, -0.05) is 12.1 Å². The minimum absolute atomic E-state index is 0.0236. The summed E-state index contributed by atoms with van der Waals surface area (Å²) in [6.07, 6.45) is -2.84. The number of carbonyl (C=O) groups is 2. The van der Waals surface area contributed by atoms with Gasteiger partial charge in [-0.05, 0) is 54.1 Å². The topological polar surface area (TPSA) is 96.0 Å². The lowest BCUT2D eigenvalue weighted by atomic mass is 10.0. The van der Waals surface area contributed by atoms with Crippen LogP contribution in [0.15, 0.2) is 72.9 Å². The van der Waals surface area contributed by atoms with Gasteiger partial charge in [0.1, 0.15) is 17.5 Å². The van der Waals surface area contributed by atoms with E-state index < -0.39 is 29.7 Å². The number of ether oxygens (including phenoxy) is 4. The zero-order chi connectivity index (χ0) is 28.9. The van der Waals surface area contributed by atoms with Crippen molar-refractivity contribution in [2.75, 3.05) is 21.3 Å². The van der Waals surface area contributed by atoms with Crippen LogP contribution in [0.25, 0.3) is 10.9 Å². The number of fused-ring (bicyclic) bond motifs is 1. The van der Waals surface area contributed by atoms with Crippen LogP contribution in [0.2, 0.25) is 0 Å². The Balaban J connectivity index is 1.48. The summed E-state index contributed by atoms with van der Waals surface area (Å²) in [5.41, 5.74) is 0.428. The summed E-state index contributed by atoms with van der Waals surface area (Å²) in [5, 5.41) is 3.24. The van der Waals surface area contributed by atoms with Crippen LogP contribution in [0, 0.1) is 0 Å². The van der Waals surface area contributed by atoms with Crippen LogP contribution in [0.1, 0.15) is 21.5 Å². The average Bonchev–Trinajstić information content (AvgIpc) is 2.96. The van der Waals surface area contributed by atoms with Crippen molar-refractivity contribution >= 4 is 22.8 Å². The van der Waals surface area contributed by atoms with E-state index in [1.165, 1.54) is 21.3 Å². The molecule has 0 radical (unpaired) electrons. The van der Waals surface area contributed by atoms with Crippen LogP contribution in [0.3, 0.4) is 0 Å². The van der Waals surface area contributed by atoms with E-state index in [0.29, 0.717) is 39.5 Å². The number of carbonyl (C=O) groups excluding carboxylic acids is 2. The maximum Gasteiger partial charge on any atom is 0.416 e. The fourth-order valence-electron chi connectivity index (χ4n) is 3.98. The molecule has 0 aliphatic carbocycles. The van der Waals surface area contributed by atoms with Crippen molar-refractivity contribution in [2.45, 2.75) is 18.6 Å². The molecular weight excluding hydrogens is 529 g/mol. The lowest BCUT2D eigenvalue weighted by Gasteiger charge is -2.17. The van der Waals surface area contributed by atoms with Gasteiger partial charge in [-0.15, -0.1) is 0 Å². The first-order valence-corrected chi connectivity index (χ1v) is 12.0. The second kappa shape index (κ2) is 11.9. The van der Waals surface area contributed by atoms with Gasteiger partial charge in [0.25, 0.3) is 5.91 Å². The molecule has 0 saturated heterocycles. The molecule has 0 aliphatic rings. The number of halogens is 3. The van der Waals surface area contributed by atoms with Crippen molar-refractivity contribution in [1.29, 1.82) is 0 Å². The fourth-order valence-corrected chi connectivity index (χ4v) is 3.98. The van der Waals surface area contributed by atoms with Crippen LogP contribution in [-0.4, -0.2) is 44.2 Å². The van der Waals surface area contributed by atoms with Gasteiger partial charge in [-0.25, -0.2) is 4.79 Å². The monoisotopic (exact) mass is 554 g/mol. The molecule has 208 valence electrons. The van der Waals surface area contributed by atoms with E-state index in [4.69, 9.17) is 18.9 Å². The van der Waals surface area contributed by atoms with E-state index in [1.807, 2.05) is 0 Å². The molecule has 0 bridgehead atoms. The Kier molecular flexibility index (Phi) is 8.42. The van der Waals surface area contributed by atoms with Crippen molar-refractivity contribution in [3.63, 3.8) is 0 Å². The van der Waals surface area contributed by atoms with Gasteiger partial charge in [0.2, 0.25) is 0 Å². The predicted molar refractivity (Wildman–Crippen MR) is 140 cm³/mol. The van der Waals surface area contributed by atoms with Crippen LogP contribution in [0.5, 0.6) is 23.0 Å². The lowest BCUT2D eigenvalue weighted by Crippen LogP contribution is -2.43.